The van der Waals surface area contributed by atoms with Crippen LogP contribution in [-0.4, -0.2) is 16.7 Å². The zero-order valence-corrected chi connectivity index (χ0v) is 12.6. The van der Waals surface area contributed by atoms with Crippen LogP contribution in [-0.2, 0) is 11.5 Å². The van der Waals surface area contributed by atoms with E-state index in [1.165, 1.54) is 0 Å². The Morgan fingerprint density at radius 1 is 1.13 bits per heavy atom. The average Bonchev–Trinajstić information content (AvgIpc) is 2.95. The molecular weight excluding hydrogens is 290 g/mol. The van der Waals surface area contributed by atoms with Crippen molar-refractivity contribution in [3.05, 3.63) is 66.1 Å². The highest BCUT2D eigenvalue weighted by Gasteiger charge is 2.19. The molecule has 114 valence electrons. The summed E-state index contributed by atoms with van der Waals surface area (Å²) in [7, 11) is 1.65. The van der Waals surface area contributed by atoms with E-state index in [2.05, 4.69) is 4.98 Å². The number of hydrogen-bond acceptors (Lipinski definition) is 3. The summed E-state index contributed by atoms with van der Waals surface area (Å²) in [5.41, 5.74) is 3.67. The monoisotopic (exact) mass is 305 g/mol. The van der Waals surface area contributed by atoms with Crippen molar-refractivity contribution in [2.75, 3.05) is 7.11 Å². The lowest BCUT2D eigenvalue weighted by molar-refractivity contribution is -0.565. The van der Waals surface area contributed by atoms with Gasteiger partial charge in [0.15, 0.2) is 0 Å². The number of benzene rings is 2. The van der Waals surface area contributed by atoms with Gasteiger partial charge >= 0.3 is 0 Å². The molecule has 23 heavy (non-hydrogen) atoms. The molecule has 0 aliphatic carbocycles. The molecule has 0 saturated carbocycles. The van der Waals surface area contributed by atoms with E-state index >= 15 is 0 Å². The Balaban J connectivity index is 2.01. The average molecular weight is 305 g/mol. The Morgan fingerprint density at radius 2 is 1.91 bits per heavy atom. The van der Waals surface area contributed by atoms with E-state index in [1.54, 1.807) is 19.4 Å². The van der Waals surface area contributed by atoms with Crippen LogP contribution in [0, 0.1) is 5.21 Å². The lowest BCUT2D eigenvalue weighted by atomic mass is 10.1. The molecule has 2 aromatic carbocycles. The lowest BCUT2D eigenvalue weighted by Gasteiger charge is -2.06. The number of para-hydroxylation sites is 3. The molecule has 0 aliphatic rings. The fraction of sp³-hybridized carbons (Fsp3) is 0.111. The Hall–Kier alpha value is -2.92. The Bertz CT molecular complexity index is 1010. The molecular formula is C18H15N3O2. The van der Waals surface area contributed by atoms with Gasteiger partial charge in [-0.3, -0.25) is 0 Å². The molecule has 0 atom stereocenters. The SMILES string of the molecule is COCn1cc(-c2cnc3ccccc3[n+]2[O-])c2ccccc21. The van der Waals surface area contributed by atoms with Crippen molar-refractivity contribution in [1.82, 2.24) is 9.55 Å². The maximum atomic E-state index is 12.8. The molecule has 5 nitrogen and oxygen atoms in total. The van der Waals surface area contributed by atoms with Crippen molar-refractivity contribution >= 4 is 21.9 Å². The van der Waals surface area contributed by atoms with Crippen LogP contribution < -0.4 is 4.73 Å². The summed E-state index contributed by atoms with van der Waals surface area (Å²) in [4.78, 5) is 4.42. The van der Waals surface area contributed by atoms with Crippen LogP contribution in [0.15, 0.2) is 60.9 Å². The van der Waals surface area contributed by atoms with E-state index < -0.39 is 0 Å². The normalized spacial score (nSPS) is 11.3. The topological polar surface area (TPSA) is 54.0 Å². The first-order chi connectivity index (χ1) is 11.3. The Morgan fingerprint density at radius 3 is 2.78 bits per heavy atom. The van der Waals surface area contributed by atoms with Crippen LogP contribution in [0.1, 0.15) is 0 Å². The molecule has 0 fully saturated rings. The third-order valence-corrected chi connectivity index (χ3v) is 3.98. The van der Waals surface area contributed by atoms with Crippen LogP contribution >= 0.6 is 0 Å². The molecule has 0 N–H and O–H groups in total. The van der Waals surface area contributed by atoms with Crippen LogP contribution in [0.2, 0.25) is 0 Å². The Kier molecular flexibility index (Phi) is 3.20. The zero-order chi connectivity index (χ0) is 15.8. The number of methoxy groups -OCH3 is 1. The van der Waals surface area contributed by atoms with Gasteiger partial charge in [0.05, 0.1) is 11.1 Å². The largest absolute Gasteiger partial charge is 0.618 e. The molecule has 0 unspecified atom stereocenters. The van der Waals surface area contributed by atoms with Crippen LogP contribution in [0.4, 0.5) is 0 Å². The number of nitrogens with zero attached hydrogens (tertiary/aromatic N) is 3. The lowest BCUT2D eigenvalue weighted by Crippen LogP contribution is -2.30. The number of ether oxygens (including phenoxy) is 1. The molecule has 0 saturated heterocycles. The highest BCUT2D eigenvalue weighted by molar-refractivity contribution is 5.94. The molecule has 0 spiro atoms. The van der Waals surface area contributed by atoms with Gasteiger partial charge in [-0.25, -0.2) is 4.98 Å². The summed E-state index contributed by atoms with van der Waals surface area (Å²) in [6.45, 7) is 0.431. The van der Waals surface area contributed by atoms with E-state index in [0.29, 0.717) is 23.5 Å². The molecule has 0 radical (unpaired) electrons. The molecule has 2 heterocycles. The predicted molar refractivity (Wildman–Crippen MR) is 88.6 cm³/mol. The van der Waals surface area contributed by atoms with Crippen LogP contribution in [0.3, 0.4) is 0 Å². The smallest absolute Gasteiger partial charge is 0.244 e. The summed E-state index contributed by atoms with van der Waals surface area (Å²) in [5.74, 6) is 0. The van der Waals surface area contributed by atoms with Gasteiger partial charge in [0.25, 0.3) is 0 Å². The minimum atomic E-state index is 0.431. The molecule has 0 bridgehead atoms. The van der Waals surface area contributed by atoms with Crippen molar-refractivity contribution in [2.45, 2.75) is 6.73 Å². The summed E-state index contributed by atoms with van der Waals surface area (Å²) in [5, 5.41) is 13.8. The molecule has 4 rings (SSSR count). The van der Waals surface area contributed by atoms with Crippen LogP contribution in [0.5, 0.6) is 0 Å². The fourth-order valence-corrected chi connectivity index (χ4v) is 2.93. The summed E-state index contributed by atoms with van der Waals surface area (Å²) >= 11 is 0. The molecule has 2 aromatic heterocycles. The number of aromatic nitrogens is 3. The first-order valence-electron chi connectivity index (χ1n) is 7.34. The minimum absolute atomic E-state index is 0.431. The maximum absolute atomic E-state index is 12.8. The quantitative estimate of drug-likeness (QED) is 0.432. The zero-order valence-electron chi connectivity index (χ0n) is 12.6. The van der Waals surface area contributed by atoms with Crippen molar-refractivity contribution < 1.29 is 9.47 Å². The van der Waals surface area contributed by atoms with Crippen molar-refractivity contribution in [3.63, 3.8) is 0 Å². The highest BCUT2D eigenvalue weighted by atomic mass is 16.5. The fourth-order valence-electron chi connectivity index (χ4n) is 2.93. The molecule has 4 aromatic rings. The van der Waals surface area contributed by atoms with Crippen molar-refractivity contribution in [1.29, 1.82) is 0 Å². The minimum Gasteiger partial charge on any atom is -0.618 e. The second kappa shape index (κ2) is 5.37. The van der Waals surface area contributed by atoms with Crippen molar-refractivity contribution in [2.24, 2.45) is 0 Å². The van der Waals surface area contributed by atoms with E-state index in [-0.39, 0.29) is 0 Å². The van der Waals surface area contributed by atoms with Gasteiger partial charge in [-0.2, -0.15) is 4.73 Å². The summed E-state index contributed by atoms with van der Waals surface area (Å²) in [6.07, 6.45) is 3.57. The predicted octanol–water partition coefficient (Wildman–Crippen LogP) is 3.09. The maximum Gasteiger partial charge on any atom is 0.244 e. The first-order valence-corrected chi connectivity index (χ1v) is 7.34. The number of fused-ring (bicyclic) bond motifs is 2. The van der Waals surface area contributed by atoms with Gasteiger partial charge in [-0.05, 0) is 12.1 Å². The molecule has 0 amide bonds. The van der Waals surface area contributed by atoms with Crippen molar-refractivity contribution in [3.8, 4) is 11.3 Å². The van der Waals surface area contributed by atoms with E-state index in [9.17, 15) is 5.21 Å². The van der Waals surface area contributed by atoms with Gasteiger partial charge in [0, 0.05) is 24.8 Å². The third kappa shape index (κ3) is 2.13. The van der Waals surface area contributed by atoms with Gasteiger partial charge in [-0.15, -0.1) is 0 Å². The van der Waals surface area contributed by atoms with E-state index in [4.69, 9.17) is 4.74 Å². The highest BCUT2D eigenvalue weighted by Crippen LogP contribution is 2.29. The standard InChI is InChI=1S/C18H15N3O2/c1-23-12-20-11-14(13-6-2-4-8-16(13)20)18-10-19-15-7-3-5-9-17(15)21(18)22/h2-11H,12H2,1H3. The Labute approximate surface area is 133 Å². The van der Waals surface area contributed by atoms with Gasteiger partial charge in [0.2, 0.25) is 11.2 Å². The van der Waals surface area contributed by atoms with E-state index in [1.807, 2.05) is 53.2 Å². The number of hydrogen-bond donors (Lipinski definition) is 0. The van der Waals surface area contributed by atoms with Gasteiger partial charge in [-0.1, -0.05) is 30.3 Å². The van der Waals surface area contributed by atoms with Gasteiger partial charge in [0.1, 0.15) is 18.4 Å². The second-order valence-electron chi connectivity index (χ2n) is 5.37. The second-order valence-corrected chi connectivity index (χ2v) is 5.37. The summed E-state index contributed by atoms with van der Waals surface area (Å²) in [6, 6.07) is 15.3. The van der Waals surface area contributed by atoms with Crippen LogP contribution in [0.25, 0.3) is 33.2 Å². The van der Waals surface area contributed by atoms with Gasteiger partial charge < -0.3 is 14.5 Å². The third-order valence-electron chi connectivity index (χ3n) is 3.98. The molecule has 0 aliphatic heterocycles. The number of rotatable bonds is 3. The molecule has 5 heteroatoms. The van der Waals surface area contributed by atoms with E-state index in [0.717, 1.165) is 21.2 Å². The summed E-state index contributed by atoms with van der Waals surface area (Å²) < 4.78 is 8.18. The first kappa shape index (κ1) is 13.7.